The number of aliphatic hydroxyl groups is 1. The van der Waals surface area contributed by atoms with Crippen LogP contribution >= 0.6 is 11.3 Å². The normalized spacial score (nSPS) is 23.7. The average Bonchev–Trinajstić information content (AvgIpc) is 3.03. The van der Waals surface area contributed by atoms with Crippen molar-refractivity contribution in [2.24, 2.45) is 0 Å². The van der Waals surface area contributed by atoms with E-state index in [1.807, 2.05) is 11.3 Å². The van der Waals surface area contributed by atoms with Crippen molar-refractivity contribution in [2.45, 2.75) is 12.6 Å². The van der Waals surface area contributed by atoms with Crippen molar-refractivity contribution in [1.29, 1.82) is 0 Å². The zero-order valence-electron chi connectivity index (χ0n) is 13.2. The van der Waals surface area contributed by atoms with Gasteiger partial charge in [-0.2, -0.15) is 0 Å². The van der Waals surface area contributed by atoms with Crippen molar-refractivity contribution in [3.8, 4) is 0 Å². The van der Waals surface area contributed by atoms with Gasteiger partial charge in [0.1, 0.15) is 0 Å². The van der Waals surface area contributed by atoms with Gasteiger partial charge in [-0.3, -0.25) is 14.7 Å². The Bertz CT molecular complexity index is 415. The lowest BCUT2D eigenvalue weighted by molar-refractivity contribution is 0.00221. The molecule has 1 atom stereocenters. The van der Waals surface area contributed by atoms with Crippen LogP contribution in [0.5, 0.6) is 0 Å². The molecule has 0 amide bonds. The minimum absolute atomic E-state index is 0.248. The zero-order valence-corrected chi connectivity index (χ0v) is 14.0. The number of β-amino-alcohol motifs (C(OH)–C–C–N with tert-alkyl or cyclic N) is 1. The standard InChI is InChI=1S/C16H27N3O2S/c20-15(13-19-7-9-21-10-8-19)12-17-3-5-18(6-4-17)14-16-2-1-11-22-16/h1-2,11,15,20H,3-10,12-14H2. The van der Waals surface area contributed by atoms with Gasteiger partial charge >= 0.3 is 0 Å². The summed E-state index contributed by atoms with van der Waals surface area (Å²) in [4.78, 5) is 8.66. The summed E-state index contributed by atoms with van der Waals surface area (Å²) >= 11 is 1.84. The van der Waals surface area contributed by atoms with Gasteiger partial charge in [-0.05, 0) is 11.4 Å². The summed E-state index contributed by atoms with van der Waals surface area (Å²) in [5.74, 6) is 0. The third-order valence-electron chi connectivity index (χ3n) is 4.47. The number of aliphatic hydroxyl groups excluding tert-OH is 1. The second kappa shape index (κ2) is 8.38. The third kappa shape index (κ3) is 5.01. The first-order valence-corrected chi connectivity index (χ1v) is 9.13. The number of piperazine rings is 1. The van der Waals surface area contributed by atoms with Gasteiger partial charge in [0.05, 0.1) is 19.3 Å². The molecule has 6 heteroatoms. The lowest BCUT2D eigenvalue weighted by atomic mass is 10.2. The van der Waals surface area contributed by atoms with E-state index in [1.165, 1.54) is 4.88 Å². The van der Waals surface area contributed by atoms with E-state index in [-0.39, 0.29) is 6.10 Å². The van der Waals surface area contributed by atoms with Crippen molar-refractivity contribution in [2.75, 3.05) is 65.6 Å². The maximum Gasteiger partial charge on any atom is 0.0793 e. The van der Waals surface area contributed by atoms with Gasteiger partial charge in [0.25, 0.3) is 0 Å². The van der Waals surface area contributed by atoms with Gasteiger partial charge in [0.15, 0.2) is 0 Å². The fourth-order valence-corrected chi connectivity index (χ4v) is 3.94. The van der Waals surface area contributed by atoms with Crippen LogP contribution in [0.25, 0.3) is 0 Å². The molecule has 124 valence electrons. The molecule has 0 aromatic carbocycles. The number of rotatable bonds is 6. The molecule has 3 rings (SSSR count). The van der Waals surface area contributed by atoms with Crippen LogP contribution in [0.15, 0.2) is 17.5 Å². The number of hydrogen-bond donors (Lipinski definition) is 1. The lowest BCUT2D eigenvalue weighted by Gasteiger charge is -2.36. The molecule has 1 N–H and O–H groups in total. The molecule has 1 aromatic rings. The van der Waals surface area contributed by atoms with Crippen molar-refractivity contribution in [3.63, 3.8) is 0 Å². The van der Waals surface area contributed by atoms with Crippen LogP contribution in [0, 0.1) is 0 Å². The Morgan fingerprint density at radius 3 is 2.27 bits per heavy atom. The molecule has 0 radical (unpaired) electrons. The molecule has 1 unspecified atom stereocenters. The molecule has 3 heterocycles. The van der Waals surface area contributed by atoms with Crippen LogP contribution in [0.4, 0.5) is 0 Å². The molecule has 5 nitrogen and oxygen atoms in total. The maximum absolute atomic E-state index is 10.3. The molecule has 1 aromatic heterocycles. The van der Waals surface area contributed by atoms with Crippen LogP contribution in [0.1, 0.15) is 4.88 Å². The summed E-state index contributed by atoms with van der Waals surface area (Å²) in [7, 11) is 0. The quantitative estimate of drug-likeness (QED) is 0.827. The number of thiophene rings is 1. The predicted molar refractivity (Wildman–Crippen MR) is 89.3 cm³/mol. The third-order valence-corrected chi connectivity index (χ3v) is 5.33. The summed E-state index contributed by atoms with van der Waals surface area (Å²) in [6, 6.07) is 4.33. The molecule has 2 saturated heterocycles. The van der Waals surface area contributed by atoms with E-state index < -0.39 is 0 Å². The minimum Gasteiger partial charge on any atom is -0.390 e. The molecule has 0 bridgehead atoms. The fourth-order valence-electron chi connectivity index (χ4n) is 3.19. The number of hydrogen-bond acceptors (Lipinski definition) is 6. The molecule has 22 heavy (non-hydrogen) atoms. The van der Waals surface area contributed by atoms with Crippen LogP contribution in [-0.2, 0) is 11.3 Å². The Labute approximate surface area is 137 Å². The molecule has 0 aliphatic carbocycles. The van der Waals surface area contributed by atoms with E-state index in [0.29, 0.717) is 0 Å². The topological polar surface area (TPSA) is 39.2 Å². The highest BCUT2D eigenvalue weighted by molar-refractivity contribution is 7.09. The summed E-state index contributed by atoms with van der Waals surface area (Å²) in [6.07, 6.45) is -0.248. The smallest absolute Gasteiger partial charge is 0.0793 e. The summed E-state index contributed by atoms with van der Waals surface area (Å²) in [5.41, 5.74) is 0. The first kappa shape index (κ1) is 16.4. The number of nitrogens with zero attached hydrogens (tertiary/aromatic N) is 3. The monoisotopic (exact) mass is 325 g/mol. The Balaban J connectivity index is 1.34. The van der Waals surface area contributed by atoms with Crippen molar-refractivity contribution in [1.82, 2.24) is 14.7 Å². The Hall–Kier alpha value is -0.500. The largest absolute Gasteiger partial charge is 0.390 e. The second-order valence-corrected chi connectivity index (χ2v) is 7.26. The Morgan fingerprint density at radius 1 is 1.00 bits per heavy atom. The first-order chi connectivity index (χ1) is 10.8. The molecule has 2 fully saturated rings. The zero-order chi connectivity index (χ0) is 15.2. The highest BCUT2D eigenvalue weighted by atomic mass is 32.1. The molecular formula is C16H27N3O2S. The van der Waals surface area contributed by atoms with Gasteiger partial charge in [0, 0.05) is 63.8 Å². The molecule has 2 aliphatic heterocycles. The Kier molecular flexibility index (Phi) is 6.23. The predicted octanol–water partition coefficient (Wildman–Crippen LogP) is 0.559. The van der Waals surface area contributed by atoms with E-state index in [0.717, 1.165) is 72.1 Å². The SMILES string of the molecule is OC(CN1CCOCC1)CN1CCN(Cc2cccs2)CC1. The minimum atomic E-state index is -0.248. The number of ether oxygens (including phenoxy) is 1. The van der Waals surface area contributed by atoms with Crippen LogP contribution in [0.2, 0.25) is 0 Å². The van der Waals surface area contributed by atoms with Gasteiger partial charge in [-0.25, -0.2) is 0 Å². The van der Waals surface area contributed by atoms with Gasteiger partial charge in [0.2, 0.25) is 0 Å². The van der Waals surface area contributed by atoms with E-state index in [9.17, 15) is 5.11 Å². The van der Waals surface area contributed by atoms with Gasteiger partial charge < -0.3 is 9.84 Å². The van der Waals surface area contributed by atoms with Gasteiger partial charge in [-0.15, -0.1) is 11.3 Å². The highest BCUT2D eigenvalue weighted by Gasteiger charge is 2.21. The van der Waals surface area contributed by atoms with Crippen molar-refractivity contribution >= 4 is 11.3 Å². The fraction of sp³-hybridized carbons (Fsp3) is 0.750. The molecule has 0 spiro atoms. The number of morpholine rings is 1. The van der Waals surface area contributed by atoms with Crippen molar-refractivity contribution in [3.05, 3.63) is 22.4 Å². The summed E-state index contributed by atoms with van der Waals surface area (Å²) in [5, 5.41) is 12.4. The average molecular weight is 325 g/mol. The molecule has 2 aliphatic rings. The molecule has 0 saturated carbocycles. The molecular weight excluding hydrogens is 298 g/mol. The van der Waals surface area contributed by atoms with E-state index >= 15 is 0 Å². The highest BCUT2D eigenvalue weighted by Crippen LogP contribution is 2.13. The summed E-state index contributed by atoms with van der Waals surface area (Å²) < 4.78 is 5.35. The van der Waals surface area contributed by atoms with Crippen LogP contribution in [0.3, 0.4) is 0 Å². The van der Waals surface area contributed by atoms with Crippen molar-refractivity contribution < 1.29 is 9.84 Å². The van der Waals surface area contributed by atoms with E-state index in [1.54, 1.807) is 0 Å². The Morgan fingerprint density at radius 2 is 1.64 bits per heavy atom. The maximum atomic E-state index is 10.3. The van der Waals surface area contributed by atoms with Crippen LogP contribution < -0.4 is 0 Å². The second-order valence-electron chi connectivity index (χ2n) is 6.22. The van der Waals surface area contributed by atoms with Crippen LogP contribution in [-0.4, -0.2) is 91.5 Å². The first-order valence-electron chi connectivity index (χ1n) is 8.25. The summed E-state index contributed by atoms with van der Waals surface area (Å²) in [6.45, 7) is 10.5. The van der Waals surface area contributed by atoms with E-state index in [2.05, 4.69) is 32.2 Å². The van der Waals surface area contributed by atoms with E-state index in [4.69, 9.17) is 4.74 Å². The lowest BCUT2D eigenvalue weighted by Crippen LogP contribution is -2.50. The van der Waals surface area contributed by atoms with Gasteiger partial charge in [-0.1, -0.05) is 6.07 Å².